The van der Waals surface area contributed by atoms with Crippen molar-refractivity contribution in [3.8, 4) is 11.5 Å². The van der Waals surface area contributed by atoms with Crippen LogP contribution >= 0.6 is 22.6 Å². The molecule has 14 heteroatoms. The summed E-state index contributed by atoms with van der Waals surface area (Å²) in [5, 5.41) is 47.5. The number of ketones is 2. The molecule has 0 bridgehead atoms. The molecule has 0 saturated heterocycles. The van der Waals surface area contributed by atoms with Crippen molar-refractivity contribution in [2.75, 3.05) is 26.0 Å². The van der Waals surface area contributed by atoms with Crippen LogP contribution in [0.15, 0.2) is 53.0 Å². The number of carbonyl (C=O) groups excluding carboxylic acids is 4. The van der Waals surface area contributed by atoms with Gasteiger partial charge in [0.05, 0.1) is 17.3 Å². The van der Waals surface area contributed by atoms with Crippen LogP contribution in [0.5, 0.6) is 11.5 Å². The molecule has 0 spiro atoms. The minimum absolute atomic E-state index is 0.0399. The summed E-state index contributed by atoms with van der Waals surface area (Å²) in [5.41, 5.74) is 1.46. The standard InChI is InChI=1S/C29H27FIN3O9/c1-34(2)22-15-8-11-7-14-16(31)9-17(33-18(35)10-43-13-5-3-12(30)4-6-13)23(36)20(14)24(37)19(11)26(39)29(15,42)27(40)21(25(22)38)28(32)41/h3-6,9,11,15,22,36,38-39,42H,7-8,10H2,1-2H3,(H2,32,41)(H,33,35)/t11?,15?,22-,29?/m0/s1. The molecule has 3 unspecified atom stereocenters. The van der Waals surface area contributed by atoms with Gasteiger partial charge in [0.2, 0.25) is 5.78 Å². The number of rotatable bonds is 6. The van der Waals surface area contributed by atoms with E-state index in [9.17, 15) is 44.0 Å². The number of ether oxygens (including phenoxy) is 1. The molecule has 0 heterocycles. The van der Waals surface area contributed by atoms with E-state index in [-0.39, 0.29) is 35.4 Å². The number of phenols is 1. The highest BCUT2D eigenvalue weighted by atomic mass is 127. The van der Waals surface area contributed by atoms with E-state index in [4.69, 9.17) is 10.5 Å². The second-order valence-electron chi connectivity index (χ2n) is 10.9. The highest BCUT2D eigenvalue weighted by molar-refractivity contribution is 14.1. The number of nitrogens with one attached hydrogen (secondary N) is 1. The lowest BCUT2D eigenvalue weighted by molar-refractivity contribution is -0.148. The molecule has 4 atom stereocenters. The number of anilines is 1. The Labute approximate surface area is 257 Å². The van der Waals surface area contributed by atoms with E-state index in [1.165, 1.54) is 23.1 Å². The molecule has 12 nitrogen and oxygen atoms in total. The normalized spacial score (nSPS) is 24.8. The van der Waals surface area contributed by atoms with Crippen molar-refractivity contribution in [1.29, 1.82) is 0 Å². The van der Waals surface area contributed by atoms with Gasteiger partial charge in [0.1, 0.15) is 28.7 Å². The number of halogens is 2. The second kappa shape index (κ2) is 10.9. The Balaban J connectivity index is 1.52. The van der Waals surface area contributed by atoms with E-state index >= 15 is 0 Å². The third-order valence-electron chi connectivity index (χ3n) is 8.13. The number of nitrogens with zero attached hydrogens (tertiary/aromatic N) is 1. The highest BCUT2D eigenvalue weighted by Crippen LogP contribution is 2.53. The summed E-state index contributed by atoms with van der Waals surface area (Å²) in [5.74, 6) is -8.54. The van der Waals surface area contributed by atoms with Gasteiger partial charge in [-0.2, -0.15) is 0 Å². The number of phenolic OH excluding ortho intramolecular Hbond substituents is 1. The van der Waals surface area contributed by atoms with Gasteiger partial charge in [-0.15, -0.1) is 0 Å². The van der Waals surface area contributed by atoms with Gasteiger partial charge in [-0.1, -0.05) is 0 Å². The first kappa shape index (κ1) is 30.4. The maximum absolute atomic E-state index is 13.9. The van der Waals surface area contributed by atoms with E-state index in [1.54, 1.807) is 14.1 Å². The summed E-state index contributed by atoms with van der Waals surface area (Å²) in [6, 6.07) is 5.36. The summed E-state index contributed by atoms with van der Waals surface area (Å²) >= 11 is 1.95. The molecule has 0 aliphatic heterocycles. The number of likely N-dealkylation sites (N-methyl/N-ethyl adjacent to an activating group) is 1. The number of aliphatic hydroxyl groups is 3. The molecule has 43 heavy (non-hydrogen) atoms. The third-order valence-corrected chi connectivity index (χ3v) is 9.09. The molecule has 3 aliphatic carbocycles. The Hall–Kier alpha value is -4.02. The molecule has 0 aromatic heterocycles. The maximum atomic E-state index is 13.9. The predicted octanol–water partition coefficient (Wildman–Crippen LogP) is 1.88. The quantitative estimate of drug-likeness (QED) is 0.146. The van der Waals surface area contributed by atoms with Gasteiger partial charge < -0.3 is 36.2 Å². The van der Waals surface area contributed by atoms with Gasteiger partial charge in [-0.25, -0.2) is 4.39 Å². The third kappa shape index (κ3) is 4.82. The minimum atomic E-state index is -2.75. The fourth-order valence-electron chi connectivity index (χ4n) is 6.23. The second-order valence-corrected chi connectivity index (χ2v) is 12.0. The lowest BCUT2D eigenvalue weighted by Gasteiger charge is -2.50. The number of aromatic hydroxyl groups is 1. The van der Waals surface area contributed by atoms with Crippen molar-refractivity contribution in [3.63, 3.8) is 0 Å². The first-order valence-corrected chi connectivity index (χ1v) is 14.1. The zero-order valence-corrected chi connectivity index (χ0v) is 25.0. The van der Waals surface area contributed by atoms with Crippen LogP contribution in [0.1, 0.15) is 22.3 Å². The summed E-state index contributed by atoms with van der Waals surface area (Å²) in [4.78, 5) is 53.5. The number of nitrogens with two attached hydrogens (primary N) is 1. The van der Waals surface area contributed by atoms with E-state index in [1.807, 2.05) is 22.6 Å². The molecule has 226 valence electrons. The van der Waals surface area contributed by atoms with Crippen LogP contribution in [0.2, 0.25) is 0 Å². The van der Waals surface area contributed by atoms with Crippen molar-refractivity contribution in [2.24, 2.45) is 17.6 Å². The summed E-state index contributed by atoms with van der Waals surface area (Å²) in [6.45, 7) is -0.493. The fourth-order valence-corrected chi connectivity index (χ4v) is 7.04. The average molecular weight is 707 g/mol. The van der Waals surface area contributed by atoms with Crippen LogP contribution < -0.4 is 15.8 Å². The van der Waals surface area contributed by atoms with E-state index in [2.05, 4.69) is 5.32 Å². The number of hydrogen-bond acceptors (Lipinski definition) is 10. The first-order valence-electron chi connectivity index (χ1n) is 13.1. The van der Waals surface area contributed by atoms with Crippen molar-refractivity contribution >= 4 is 51.7 Å². The van der Waals surface area contributed by atoms with Crippen molar-refractivity contribution in [3.05, 3.63) is 73.5 Å². The van der Waals surface area contributed by atoms with Crippen molar-refractivity contribution in [2.45, 2.75) is 24.5 Å². The number of allylic oxidation sites excluding steroid dienone is 1. The number of carbonyl (C=O) groups is 4. The molecule has 2 aromatic rings. The number of Topliss-reactive ketones (excluding diaryl/α,β-unsaturated/α-hetero) is 2. The number of fused-ring (bicyclic) bond motifs is 3. The molecule has 5 rings (SSSR count). The van der Waals surface area contributed by atoms with E-state index in [0.29, 0.717) is 9.13 Å². The number of primary amides is 1. The smallest absolute Gasteiger partial charge is 0.262 e. The molecule has 0 saturated carbocycles. The summed E-state index contributed by atoms with van der Waals surface area (Å²) in [6.07, 6.45) is 0.0735. The van der Waals surface area contributed by atoms with Gasteiger partial charge in [0, 0.05) is 15.1 Å². The Morgan fingerprint density at radius 2 is 1.84 bits per heavy atom. The van der Waals surface area contributed by atoms with Crippen LogP contribution in [0.4, 0.5) is 10.1 Å². The zero-order valence-electron chi connectivity index (χ0n) is 22.9. The molecule has 7 N–H and O–H groups in total. The lowest BCUT2D eigenvalue weighted by Crippen LogP contribution is -2.63. The highest BCUT2D eigenvalue weighted by Gasteiger charge is 2.63. The van der Waals surface area contributed by atoms with Gasteiger partial charge in [-0.3, -0.25) is 24.1 Å². The van der Waals surface area contributed by atoms with Gasteiger partial charge >= 0.3 is 0 Å². The topological polar surface area (TPSA) is 200 Å². The largest absolute Gasteiger partial charge is 0.510 e. The van der Waals surface area contributed by atoms with Crippen LogP contribution in [-0.2, 0) is 20.8 Å². The van der Waals surface area contributed by atoms with Crippen molar-refractivity contribution < 1.29 is 48.7 Å². The Bertz CT molecular complexity index is 1650. The van der Waals surface area contributed by atoms with Crippen LogP contribution in [0.3, 0.4) is 0 Å². The first-order chi connectivity index (χ1) is 20.2. The molecule has 2 aromatic carbocycles. The number of benzene rings is 2. The molecule has 0 radical (unpaired) electrons. The molecular weight excluding hydrogens is 680 g/mol. The summed E-state index contributed by atoms with van der Waals surface area (Å²) in [7, 11) is 3.10. The molecule has 2 amide bonds. The van der Waals surface area contributed by atoms with Crippen LogP contribution in [-0.4, -0.2) is 81.1 Å². The maximum Gasteiger partial charge on any atom is 0.262 e. The van der Waals surface area contributed by atoms with E-state index < -0.39 is 82.1 Å². The Morgan fingerprint density at radius 1 is 1.19 bits per heavy atom. The number of amides is 2. The average Bonchev–Trinajstić information content (AvgIpc) is 2.92. The number of hydrogen-bond donors (Lipinski definition) is 6. The Morgan fingerprint density at radius 3 is 2.44 bits per heavy atom. The van der Waals surface area contributed by atoms with Crippen molar-refractivity contribution in [1.82, 2.24) is 4.90 Å². The molecule has 0 fully saturated rings. The SMILES string of the molecule is CN(C)[C@@H]1C(O)=C(C(N)=O)C(=O)C2(O)C(O)=C3C(=O)c4c(O)c(NC(=O)COc5ccc(F)cc5)cc(I)c4CC3CC12. The van der Waals surface area contributed by atoms with E-state index in [0.717, 1.165) is 12.1 Å². The zero-order chi connectivity index (χ0) is 31.5. The fraction of sp³-hybridized carbons (Fsp3) is 0.310. The van der Waals surface area contributed by atoms with Gasteiger partial charge in [0.15, 0.2) is 23.7 Å². The Kier molecular flexibility index (Phi) is 7.73. The molecule has 3 aliphatic rings. The van der Waals surface area contributed by atoms with Gasteiger partial charge in [0.25, 0.3) is 11.8 Å². The monoisotopic (exact) mass is 707 g/mol. The number of aliphatic hydroxyl groups excluding tert-OH is 2. The summed E-state index contributed by atoms with van der Waals surface area (Å²) < 4.78 is 19.0. The predicted molar refractivity (Wildman–Crippen MR) is 157 cm³/mol. The van der Waals surface area contributed by atoms with Crippen LogP contribution in [0, 0.1) is 21.2 Å². The van der Waals surface area contributed by atoms with Gasteiger partial charge in [-0.05, 0) is 91.3 Å². The lowest BCUT2D eigenvalue weighted by atomic mass is 9.58. The minimum Gasteiger partial charge on any atom is -0.510 e. The van der Waals surface area contributed by atoms with Crippen LogP contribution in [0.25, 0.3) is 0 Å². The molecular formula is C29H27FIN3O9.